The molecule has 7 N–H and O–H groups in total. The van der Waals surface area contributed by atoms with E-state index in [2.05, 4.69) is 28.6 Å². The van der Waals surface area contributed by atoms with Gasteiger partial charge in [-0.05, 0) is 11.5 Å². The average molecular weight is 483 g/mol. The standard InChI is InChI=1S/C21H30N4O7S/c1-11(2)17(20(30)24-15(21(31)32)9-16(26)27)25-19(29)14(23-18(28)13(22)10-33)8-12-6-4-3-5-7-12/h3-7,11,13-15,17,33H,8-10,22H2,1-2H3,(H,23,28)(H,24,30)(H,25,29)(H,26,27)(H,31,32). The fourth-order valence-corrected chi connectivity index (χ4v) is 3.01. The zero-order valence-corrected chi connectivity index (χ0v) is 19.2. The number of amides is 3. The summed E-state index contributed by atoms with van der Waals surface area (Å²) in [5.74, 6) is -5.47. The van der Waals surface area contributed by atoms with E-state index in [9.17, 15) is 24.0 Å². The molecule has 0 spiro atoms. The predicted octanol–water partition coefficient (Wildman–Crippen LogP) is -0.844. The lowest BCUT2D eigenvalue weighted by atomic mass is 10.00. The molecule has 0 aliphatic heterocycles. The molecule has 0 aromatic heterocycles. The van der Waals surface area contributed by atoms with E-state index in [1.807, 2.05) is 0 Å². The minimum atomic E-state index is -1.67. The third-order valence-corrected chi connectivity index (χ3v) is 5.08. The molecular formula is C21H30N4O7S. The molecule has 0 saturated carbocycles. The molecule has 4 unspecified atom stereocenters. The summed E-state index contributed by atoms with van der Waals surface area (Å²) in [7, 11) is 0. The molecule has 1 rings (SSSR count). The number of carbonyl (C=O) groups excluding carboxylic acids is 3. The Hall–Kier alpha value is -3.12. The summed E-state index contributed by atoms with van der Waals surface area (Å²) >= 11 is 3.98. The van der Waals surface area contributed by atoms with Gasteiger partial charge in [-0.3, -0.25) is 19.2 Å². The second kappa shape index (κ2) is 13.4. The molecule has 11 nitrogen and oxygen atoms in total. The van der Waals surface area contributed by atoms with Gasteiger partial charge in [0.1, 0.15) is 18.1 Å². The van der Waals surface area contributed by atoms with Gasteiger partial charge in [0.2, 0.25) is 17.7 Å². The first-order valence-electron chi connectivity index (χ1n) is 10.2. The third-order valence-electron chi connectivity index (χ3n) is 4.69. The molecule has 0 heterocycles. The molecule has 12 heteroatoms. The molecule has 0 fully saturated rings. The van der Waals surface area contributed by atoms with Crippen LogP contribution in [0.15, 0.2) is 30.3 Å². The average Bonchev–Trinajstić information content (AvgIpc) is 2.75. The van der Waals surface area contributed by atoms with Gasteiger partial charge in [-0.1, -0.05) is 44.2 Å². The van der Waals surface area contributed by atoms with Crippen LogP contribution in [-0.2, 0) is 30.4 Å². The molecule has 182 valence electrons. The van der Waals surface area contributed by atoms with E-state index in [1.165, 1.54) is 0 Å². The van der Waals surface area contributed by atoms with E-state index in [-0.39, 0.29) is 12.2 Å². The Balaban J connectivity index is 3.05. The van der Waals surface area contributed by atoms with Gasteiger partial charge in [0.05, 0.1) is 12.5 Å². The van der Waals surface area contributed by atoms with E-state index in [0.29, 0.717) is 0 Å². The summed E-state index contributed by atoms with van der Waals surface area (Å²) in [6, 6.07) is 3.99. The van der Waals surface area contributed by atoms with Crippen molar-refractivity contribution in [2.45, 2.75) is 50.9 Å². The number of benzene rings is 1. The van der Waals surface area contributed by atoms with Crippen molar-refractivity contribution in [3.8, 4) is 0 Å². The SMILES string of the molecule is CC(C)C(NC(=O)C(Cc1ccccc1)NC(=O)C(N)CS)C(=O)NC(CC(=O)O)C(=O)O. The van der Waals surface area contributed by atoms with Gasteiger partial charge in [-0.15, -0.1) is 0 Å². The van der Waals surface area contributed by atoms with Crippen LogP contribution in [-0.4, -0.2) is 69.8 Å². The summed E-state index contributed by atoms with van der Waals surface area (Å²) in [6.45, 7) is 3.25. The van der Waals surface area contributed by atoms with Crippen molar-refractivity contribution in [3.05, 3.63) is 35.9 Å². The Bertz CT molecular complexity index is 850. The van der Waals surface area contributed by atoms with Crippen LogP contribution in [0, 0.1) is 5.92 Å². The smallest absolute Gasteiger partial charge is 0.326 e. The maximum absolute atomic E-state index is 13.0. The number of carbonyl (C=O) groups is 5. The van der Waals surface area contributed by atoms with Crippen LogP contribution < -0.4 is 21.7 Å². The van der Waals surface area contributed by atoms with Gasteiger partial charge >= 0.3 is 11.9 Å². The number of hydrogen-bond donors (Lipinski definition) is 7. The van der Waals surface area contributed by atoms with Gasteiger partial charge in [0.25, 0.3) is 0 Å². The molecule has 0 aliphatic carbocycles. The summed E-state index contributed by atoms with van der Waals surface area (Å²) in [4.78, 5) is 60.2. The Morgan fingerprint density at radius 2 is 1.48 bits per heavy atom. The fraction of sp³-hybridized carbons (Fsp3) is 0.476. The maximum atomic E-state index is 13.0. The lowest BCUT2D eigenvalue weighted by molar-refractivity contribution is -0.147. The highest BCUT2D eigenvalue weighted by atomic mass is 32.1. The fourth-order valence-electron chi connectivity index (χ4n) is 2.85. The number of thiol groups is 1. The monoisotopic (exact) mass is 482 g/mol. The van der Waals surface area contributed by atoms with Gasteiger partial charge in [0, 0.05) is 12.2 Å². The normalized spacial score (nSPS) is 14.5. The third kappa shape index (κ3) is 9.49. The van der Waals surface area contributed by atoms with Crippen molar-refractivity contribution in [1.82, 2.24) is 16.0 Å². The lowest BCUT2D eigenvalue weighted by Crippen LogP contribution is -2.59. The number of hydrogen-bond acceptors (Lipinski definition) is 7. The summed E-state index contributed by atoms with van der Waals surface area (Å²) < 4.78 is 0. The molecular weight excluding hydrogens is 452 g/mol. The summed E-state index contributed by atoms with van der Waals surface area (Å²) in [5, 5.41) is 25.3. The van der Waals surface area contributed by atoms with Crippen LogP contribution >= 0.6 is 12.6 Å². The van der Waals surface area contributed by atoms with Crippen molar-refractivity contribution in [2.75, 3.05) is 5.75 Å². The number of carboxylic acids is 2. The van der Waals surface area contributed by atoms with Gasteiger partial charge in [-0.25, -0.2) is 4.79 Å². The molecule has 1 aromatic rings. The van der Waals surface area contributed by atoms with Crippen LogP contribution in [0.5, 0.6) is 0 Å². The maximum Gasteiger partial charge on any atom is 0.326 e. The Morgan fingerprint density at radius 3 is 1.97 bits per heavy atom. The number of nitrogens with one attached hydrogen (secondary N) is 3. The number of nitrogens with two attached hydrogens (primary N) is 1. The van der Waals surface area contributed by atoms with Gasteiger partial charge in [-0.2, -0.15) is 12.6 Å². The van der Waals surface area contributed by atoms with Crippen LogP contribution in [0.4, 0.5) is 0 Å². The van der Waals surface area contributed by atoms with Crippen molar-refractivity contribution >= 4 is 42.3 Å². The molecule has 0 bridgehead atoms. The first-order valence-corrected chi connectivity index (χ1v) is 10.9. The Kier molecular flexibility index (Phi) is 11.4. The highest BCUT2D eigenvalue weighted by molar-refractivity contribution is 7.80. The van der Waals surface area contributed by atoms with Crippen LogP contribution in [0.3, 0.4) is 0 Å². The highest BCUT2D eigenvalue weighted by Gasteiger charge is 2.32. The largest absolute Gasteiger partial charge is 0.481 e. The Labute approximate surface area is 196 Å². The van der Waals surface area contributed by atoms with Crippen LogP contribution in [0.25, 0.3) is 0 Å². The predicted molar refractivity (Wildman–Crippen MR) is 122 cm³/mol. The second-order valence-corrected chi connectivity index (χ2v) is 8.13. The minimum Gasteiger partial charge on any atom is -0.481 e. The molecule has 4 atom stereocenters. The molecule has 33 heavy (non-hydrogen) atoms. The number of aliphatic carboxylic acids is 2. The molecule has 0 radical (unpaired) electrons. The van der Waals surface area contributed by atoms with Crippen LogP contribution in [0.2, 0.25) is 0 Å². The zero-order valence-electron chi connectivity index (χ0n) is 18.4. The Morgan fingerprint density at radius 1 is 0.909 bits per heavy atom. The summed E-state index contributed by atoms with van der Waals surface area (Å²) in [5.41, 5.74) is 6.44. The molecule has 3 amide bonds. The minimum absolute atomic E-state index is 0.0582. The topological polar surface area (TPSA) is 188 Å². The molecule has 0 saturated heterocycles. The van der Waals surface area contributed by atoms with E-state index in [4.69, 9.17) is 15.9 Å². The van der Waals surface area contributed by atoms with Gasteiger partial charge in [0.15, 0.2) is 0 Å². The van der Waals surface area contributed by atoms with Crippen molar-refractivity contribution in [1.29, 1.82) is 0 Å². The van der Waals surface area contributed by atoms with Crippen LogP contribution in [0.1, 0.15) is 25.8 Å². The summed E-state index contributed by atoms with van der Waals surface area (Å²) in [6.07, 6.45) is -0.713. The quantitative estimate of drug-likeness (QED) is 0.177. The molecule has 1 aromatic carbocycles. The lowest BCUT2D eigenvalue weighted by Gasteiger charge is -2.27. The molecule has 0 aliphatic rings. The first kappa shape index (κ1) is 27.9. The van der Waals surface area contributed by atoms with E-state index in [1.54, 1.807) is 44.2 Å². The first-order chi connectivity index (χ1) is 15.5. The number of carboxylic acid groups (broad SMARTS) is 2. The second-order valence-electron chi connectivity index (χ2n) is 7.77. The van der Waals surface area contributed by atoms with Crippen molar-refractivity contribution in [3.63, 3.8) is 0 Å². The van der Waals surface area contributed by atoms with Crippen molar-refractivity contribution < 1.29 is 34.2 Å². The van der Waals surface area contributed by atoms with Crippen molar-refractivity contribution in [2.24, 2.45) is 11.7 Å². The number of rotatable bonds is 13. The zero-order chi connectivity index (χ0) is 25.1. The van der Waals surface area contributed by atoms with Gasteiger partial charge < -0.3 is 31.9 Å². The highest BCUT2D eigenvalue weighted by Crippen LogP contribution is 2.08. The van der Waals surface area contributed by atoms with E-state index >= 15 is 0 Å². The van der Waals surface area contributed by atoms with E-state index < -0.39 is 66.2 Å². The van der Waals surface area contributed by atoms with E-state index in [0.717, 1.165) is 5.56 Å².